The van der Waals surface area contributed by atoms with E-state index in [1.807, 2.05) is 0 Å². The second-order valence-corrected chi connectivity index (χ2v) is 5.70. The van der Waals surface area contributed by atoms with Gasteiger partial charge >= 0.3 is 12.0 Å². The molecule has 0 saturated carbocycles. The average Bonchev–Trinajstić information content (AvgIpc) is 2.83. The molecule has 2 unspecified atom stereocenters. The van der Waals surface area contributed by atoms with Crippen molar-refractivity contribution in [2.24, 2.45) is 5.92 Å². The first-order valence-corrected chi connectivity index (χ1v) is 7.00. The normalized spacial score (nSPS) is 27.6. The highest BCUT2D eigenvalue weighted by Crippen LogP contribution is 2.17. The number of carboxylic acids is 1. The minimum Gasteiger partial charge on any atom is -0.480 e. The minimum atomic E-state index is -1.01. The summed E-state index contributed by atoms with van der Waals surface area (Å²) in [5.41, 5.74) is 0. The van der Waals surface area contributed by atoms with Gasteiger partial charge in [0, 0.05) is 26.7 Å². The van der Waals surface area contributed by atoms with Crippen molar-refractivity contribution in [3.63, 3.8) is 0 Å². The van der Waals surface area contributed by atoms with Gasteiger partial charge in [0.2, 0.25) is 0 Å². The Morgan fingerprint density at radius 1 is 1.40 bits per heavy atom. The number of likely N-dealkylation sites (tertiary alicyclic amines) is 1. The molecule has 114 valence electrons. The van der Waals surface area contributed by atoms with Crippen molar-refractivity contribution in [1.82, 2.24) is 14.7 Å². The molecule has 0 bridgehead atoms. The third-order valence-electron chi connectivity index (χ3n) is 4.01. The number of carbonyl (C=O) groups excluding carboxylic acids is 1. The van der Waals surface area contributed by atoms with E-state index >= 15 is 0 Å². The number of nitrogens with zero attached hydrogens (tertiary/aromatic N) is 3. The van der Waals surface area contributed by atoms with Crippen molar-refractivity contribution >= 4 is 12.0 Å². The lowest BCUT2D eigenvalue weighted by atomic mass is 10.1. The Morgan fingerprint density at radius 3 is 2.75 bits per heavy atom. The van der Waals surface area contributed by atoms with Crippen LogP contribution in [0.3, 0.4) is 0 Å². The van der Waals surface area contributed by atoms with Crippen LogP contribution in [-0.2, 0) is 9.53 Å². The molecule has 20 heavy (non-hydrogen) atoms. The summed E-state index contributed by atoms with van der Waals surface area (Å²) in [5, 5.41) is 9.16. The molecule has 2 rings (SSSR count). The van der Waals surface area contributed by atoms with Crippen molar-refractivity contribution in [3.8, 4) is 0 Å². The highest BCUT2D eigenvalue weighted by atomic mass is 16.5. The summed E-state index contributed by atoms with van der Waals surface area (Å²) in [7, 11) is 3.82. The molecule has 0 aromatic rings. The SMILES string of the molecule is CN1CCC(CN(C)C(=O)N2CCOCC2C(=O)O)C1. The van der Waals surface area contributed by atoms with E-state index in [0.29, 0.717) is 25.6 Å². The fraction of sp³-hybridized carbons (Fsp3) is 0.846. The van der Waals surface area contributed by atoms with Gasteiger partial charge in [0.05, 0.1) is 13.2 Å². The van der Waals surface area contributed by atoms with Crippen LogP contribution >= 0.6 is 0 Å². The van der Waals surface area contributed by atoms with Gasteiger partial charge < -0.3 is 24.5 Å². The number of hydrogen-bond donors (Lipinski definition) is 1. The highest BCUT2D eigenvalue weighted by molar-refractivity contribution is 5.83. The zero-order valence-corrected chi connectivity index (χ0v) is 12.1. The van der Waals surface area contributed by atoms with Crippen LogP contribution in [0.25, 0.3) is 0 Å². The molecule has 2 atom stereocenters. The molecule has 0 spiro atoms. The van der Waals surface area contributed by atoms with E-state index in [1.165, 1.54) is 4.90 Å². The molecule has 0 radical (unpaired) electrons. The first-order valence-electron chi connectivity index (χ1n) is 7.00. The van der Waals surface area contributed by atoms with Crippen molar-refractivity contribution in [2.75, 3.05) is 53.5 Å². The van der Waals surface area contributed by atoms with Crippen molar-refractivity contribution < 1.29 is 19.4 Å². The van der Waals surface area contributed by atoms with Gasteiger partial charge in [-0.25, -0.2) is 9.59 Å². The van der Waals surface area contributed by atoms with Gasteiger partial charge in [-0.15, -0.1) is 0 Å². The van der Waals surface area contributed by atoms with E-state index < -0.39 is 12.0 Å². The number of amides is 2. The molecule has 2 aliphatic rings. The molecule has 2 saturated heterocycles. The third kappa shape index (κ3) is 3.40. The summed E-state index contributed by atoms with van der Waals surface area (Å²) in [6.07, 6.45) is 1.08. The first kappa shape index (κ1) is 15.1. The lowest BCUT2D eigenvalue weighted by Gasteiger charge is -2.36. The molecule has 7 nitrogen and oxygen atoms in total. The van der Waals surface area contributed by atoms with Crippen molar-refractivity contribution in [2.45, 2.75) is 12.5 Å². The van der Waals surface area contributed by atoms with Gasteiger partial charge in [0.25, 0.3) is 0 Å². The molecule has 2 heterocycles. The summed E-state index contributed by atoms with van der Waals surface area (Å²) in [6.45, 7) is 3.53. The van der Waals surface area contributed by atoms with E-state index in [1.54, 1.807) is 11.9 Å². The predicted octanol–water partition coefficient (Wildman–Crippen LogP) is -0.225. The average molecular weight is 285 g/mol. The standard InChI is InChI=1S/C13H23N3O4/c1-14-4-3-10(7-14)8-15(2)13(19)16-5-6-20-9-11(16)12(17)18/h10-11H,3-9H2,1-2H3,(H,17,18). The Hall–Kier alpha value is -1.34. The molecule has 1 N–H and O–H groups in total. The fourth-order valence-electron chi connectivity index (χ4n) is 2.90. The Kier molecular flexibility index (Phi) is 4.82. The summed E-state index contributed by atoms with van der Waals surface area (Å²) in [4.78, 5) is 28.9. The Morgan fingerprint density at radius 2 is 2.15 bits per heavy atom. The van der Waals surface area contributed by atoms with Crippen LogP contribution in [0.4, 0.5) is 4.79 Å². The van der Waals surface area contributed by atoms with E-state index in [9.17, 15) is 9.59 Å². The highest BCUT2D eigenvalue weighted by Gasteiger charge is 2.35. The molecular formula is C13H23N3O4. The maximum Gasteiger partial charge on any atom is 0.328 e. The minimum absolute atomic E-state index is 0.0705. The molecule has 2 amide bonds. The van der Waals surface area contributed by atoms with Crippen molar-refractivity contribution in [3.05, 3.63) is 0 Å². The van der Waals surface area contributed by atoms with Crippen LogP contribution in [0.5, 0.6) is 0 Å². The number of urea groups is 1. The van der Waals surface area contributed by atoms with Crippen LogP contribution in [-0.4, -0.2) is 91.3 Å². The number of morpholine rings is 1. The van der Waals surface area contributed by atoms with E-state index in [4.69, 9.17) is 9.84 Å². The van der Waals surface area contributed by atoms with E-state index in [2.05, 4.69) is 11.9 Å². The maximum absolute atomic E-state index is 12.4. The Labute approximate surface area is 119 Å². The second-order valence-electron chi connectivity index (χ2n) is 5.70. The van der Waals surface area contributed by atoms with E-state index in [0.717, 1.165) is 19.5 Å². The number of carbonyl (C=O) groups is 2. The predicted molar refractivity (Wildman–Crippen MR) is 72.6 cm³/mol. The number of ether oxygens (including phenoxy) is 1. The lowest BCUT2D eigenvalue weighted by molar-refractivity contribution is -0.147. The zero-order valence-electron chi connectivity index (χ0n) is 12.1. The molecule has 2 aliphatic heterocycles. The summed E-state index contributed by atoms with van der Waals surface area (Å²) in [6, 6.07) is -1.08. The Bertz CT molecular complexity index is 377. The van der Waals surface area contributed by atoms with Crippen LogP contribution in [0.15, 0.2) is 0 Å². The van der Waals surface area contributed by atoms with Gasteiger partial charge in [-0.05, 0) is 25.9 Å². The number of aliphatic carboxylic acids is 1. The molecule has 0 aromatic carbocycles. The number of carboxylic acid groups (broad SMARTS) is 1. The monoisotopic (exact) mass is 285 g/mol. The number of hydrogen-bond acceptors (Lipinski definition) is 4. The third-order valence-corrected chi connectivity index (χ3v) is 4.01. The van der Waals surface area contributed by atoms with Gasteiger partial charge in [-0.2, -0.15) is 0 Å². The van der Waals surface area contributed by atoms with Crippen LogP contribution < -0.4 is 0 Å². The second kappa shape index (κ2) is 6.41. The summed E-state index contributed by atoms with van der Waals surface area (Å²) < 4.78 is 5.15. The summed E-state index contributed by atoms with van der Waals surface area (Å²) in [5.74, 6) is -0.537. The topological polar surface area (TPSA) is 73.3 Å². The van der Waals surface area contributed by atoms with Gasteiger partial charge in [0.1, 0.15) is 0 Å². The van der Waals surface area contributed by atoms with Crippen molar-refractivity contribution in [1.29, 1.82) is 0 Å². The molecule has 2 fully saturated rings. The Balaban J connectivity index is 1.92. The van der Waals surface area contributed by atoms with Crippen LogP contribution in [0, 0.1) is 5.92 Å². The smallest absolute Gasteiger partial charge is 0.328 e. The summed E-state index contributed by atoms with van der Waals surface area (Å²) >= 11 is 0. The lowest BCUT2D eigenvalue weighted by Crippen LogP contribution is -2.56. The zero-order chi connectivity index (χ0) is 14.7. The van der Waals surface area contributed by atoms with E-state index in [-0.39, 0.29) is 12.6 Å². The van der Waals surface area contributed by atoms with Crippen LogP contribution in [0.1, 0.15) is 6.42 Å². The number of rotatable bonds is 3. The molecule has 7 heteroatoms. The largest absolute Gasteiger partial charge is 0.480 e. The van der Waals surface area contributed by atoms with Gasteiger partial charge in [-0.3, -0.25) is 0 Å². The molecule has 0 aliphatic carbocycles. The quantitative estimate of drug-likeness (QED) is 0.776. The molecule has 0 aromatic heterocycles. The van der Waals surface area contributed by atoms with Gasteiger partial charge in [0.15, 0.2) is 6.04 Å². The maximum atomic E-state index is 12.4. The van der Waals surface area contributed by atoms with Gasteiger partial charge in [-0.1, -0.05) is 0 Å². The first-order chi connectivity index (χ1) is 9.49. The molecular weight excluding hydrogens is 262 g/mol. The van der Waals surface area contributed by atoms with Crippen LogP contribution in [0.2, 0.25) is 0 Å². The fourth-order valence-corrected chi connectivity index (χ4v) is 2.90.